The summed E-state index contributed by atoms with van der Waals surface area (Å²) in [5.74, 6) is -0.408. The van der Waals surface area contributed by atoms with Crippen molar-refractivity contribution in [1.29, 1.82) is 0 Å². The molecule has 0 bridgehead atoms. The summed E-state index contributed by atoms with van der Waals surface area (Å²) in [6.07, 6.45) is 41.5. The molecule has 0 aliphatic carbocycles. The van der Waals surface area contributed by atoms with Crippen molar-refractivity contribution in [1.82, 2.24) is 0 Å². The first-order chi connectivity index (χ1) is 25.9. The maximum absolute atomic E-state index is 12.9. The number of halogens is 1. The van der Waals surface area contributed by atoms with Crippen LogP contribution >= 0.6 is 0 Å². The number of esters is 2. The molecular weight excluding hydrogens is 698 g/mol. The molecule has 0 saturated carbocycles. The number of hydrogen-bond acceptors (Lipinski definition) is 6. The minimum atomic E-state index is -0.498. The Morgan fingerprint density at radius 2 is 0.870 bits per heavy atom. The Morgan fingerprint density at radius 3 is 1.26 bits per heavy atom. The van der Waals surface area contributed by atoms with Crippen LogP contribution in [0.4, 0.5) is 0 Å². The number of hydrogen-bond donors (Lipinski definition) is 0. The Labute approximate surface area is 341 Å². The van der Waals surface area contributed by atoms with E-state index >= 15 is 0 Å². The van der Waals surface area contributed by atoms with Gasteiger partial charge in [0.05, 0.1) is 20.3 Å². The van der Waals surface area contributed by atoms with E-state index < -0.39 is 6.10 Å². The highest BCUT2D eigenvalue weighted by atomic mass is 35.5. The smallest absolute Gasteiger partial charge is 0.306 e. The molecule has 0 N–H and O–H groups in total. The summed E-state index contributed by atoms with van der Waals surface area (Å²) in [5.41, 5.74) is 0. The Balaban J connectivity index is 0. The Hall–Kier alpha value is -1.41. The third kappa shape index (κ3) is 38.8. The van der Waals surface area contributed by atoms with Crippen molar-refractivity contribution >= 4 is 11.9 Å². The number of methoxy groups -OCH3 is 2. The van der Waals surface area contributed by atoms with E-state index in [9.17, 15) is 9.59 Å². The quantitative estimate of drug-likeness (QED) is 0.0267. The standard InChI is InChI=1S/C46H88NO6.ClH/c1-6-8-10-12-14-16-18-20-22-24-26-28-30-32-34-36-45(48)52-43-44(42-47(3,38-40-50-4)39-41-51-5)53-46(49)37-35-33-31-29-27-25-23-21-19-17-15-13-11-9-7-2;/h20-23,44H,6-19,24-43H2,1-5H3;1H/q+1;/p-1/b22-20-,23-21-;. The van der Waals surface area contributed by atoms with Gasteiger partial charge in [0.15, 0.2) is 6.10 Å². The van der Waals surface area contributed by atoms with Crippen LogP contribution in [0.3, 0.4) is 0 Å². The molecule has 320 valence electrons. The second-order valence-corrected chi connectivity index (χ2v) is 15.7. The lowest BCUT2D eigenvalue weighted by Gasteiger charge is -2.36. The molecule has 0 rings (SSSR count). The number of ether oxygens (including phenoxy) is 4. The fourth-order valence-corrected chi connectivity index (χ4v) is 6.72. The predicted molar refractivity (Wildman–Crippen MR) is 224 cm³/mol. The molecule has 0 radical (unpaired) electrons. The van der Waals surface area contributed by atoms with Crippen LogP contribution in [0.1, 0.15) is 194 Å². The molecule has 0 amide bonds. The van der Waals surface area contributed by atoms with E-state index in [0.29, 0.717) is 37.1 Å². The number of rotatable bonds is 41. The number of carbonyl (C=O) groups is 2. The van der Waals surface area contributed by atoms with Crippen molar-refractivity contribution in [2.75, 3.05) is 60.7 Å². The highest BCUT2D eigenvalue weighted by molar-refractivity contribution is 5.70. The molecule has 1 atom stereocenters. The topological polar surface area (TPSA) is 71.1 Å². The largest absolute Gasteiger partial charge is 1.00 e. The van der Waals surface area contributed by atoms with E-state index in [1.807, 2.05) is 0 Å². The van der Waals surface area contributed by atoms with Gasteiger partial charge in [0, 0.05) is 27.1 Å². The minimum absolute atomic E-state index is 0. The van der Waals surface area contributed by atoms with Gasteiger partial charge in [-0.15, -0.1) is 0 Å². The summed E-state index contributed by atoms with van der Waals surface area (Å²) in [5, 5.41) is 0. The van der Waals surface area contributed by atoms with Gasteiger partial charge in [-0.3, -0.25) is 9.59 Å². The molecule has 0 aromatic carbocycles. The van der Waals surface area contributed by atoms with E-state index in [4.69, 9.17) is 18.9 Å². The van der Waals surface area contributed by atoms with Crippen LogP contribution in [0, 0.1) is 0 Å². The van der Waals surface area contributed by atoms with Crippen LogP contribution in [-0.4, -0.2) is 83.2 Å². The summed E-state index contributed by atoms with van der Waals surface area (Å²) in [6, 6.07) is 0. The van der Waals surface area contributed by atoms with Gasteiger partial charge < -0.3 is 35.8 Å². The molecule has 0 saturated heterocycles. The van der Waals surface area contributed by atoms with Crippen molar-refractivity contribution in [2.45, 2.75) is 200 Å². The van der Waals surface area contributed by atoms with Crippen LogP contribution in [-0.2, 0) is 28.5 Å². The average Bonchev–Trinajstić information content (AvgIpc) is 3.15. The zero-order valence-corrected chi connectivity index (χ0v) is 37.0. The van der Waals surface area contributed by atoms with Gasteiger partial charge in [0.2, 0.25) is 0 Å². The normalized spacial score (nSPS) is 12.4. The van der Waals surface area contributed by atoms with Crippen LogP contribution in [0.2, 0.25) is 0 Å². The van der Waals surface area contributed by atoms with Gasteiger partial charge in [-0.2, -0.15) is 0 Å². The van der Waals surface area contributed by atoms with Gasteiger partial charge in [0.25, 0.3) is 0 Å². The fourth-order valence-electron chi connectivity index (χ4n) is 6.72. The van der Waals surface area contributed by atoms with Gasteiger partial charge in [-0.25, -0.2) is 0 Å². The number of unbranched alkanes of at least 4 members (excludes halogenated alkanes) is 22. The zero-order valence-electron chi connectivity index (χ0n) is 36.2. The third-order valence-electron chi connectivity index (χ3n) is 10.3. The van der Waals surface area contributed by atoms with E-state index in [1.54, 1.807) is 14.2 Å². The number of carbonyl (C=O) groups excluding carboxylic acids is 2. The first-order valence-electron chi connectivity index (χ1n) is 22.4. The SMILES string of the molecule is CCCCCCCC/C=C\CCCCCCCC(=O)OCC(C[N+](C)(CCOC)CCOC)OC(=O)CCCCCCC/C=C\CCCCCCCC.[Cl-]. The first-order valence-corrected chi connectivity index (χ1v) is 22.4. The third-order valence-corrected chi connectivity index (χ3v) is 10.3. The van der Waals surface area contributed by atoms with E-state index in [-0.39, 0.29) is 31.0 Å². The molecule has 0 heterocycles. The van der Waals surface area contributed by atoms with Gasteiger partial charge >= 0.3 is 11.9 Å². The second-order valence-electron chi connectivity index (χ2n) is 15.7. The second kappa shape index (κ2) is 42.7. The van der Waals surface area contributed by atoms with Crippen molar-refractivity contribution in [3.05, 3.63) is 24.3 Å². The van der Waals surface area contributed by atoms with E-state index in [2.05, 4.69) is 45.2 Å². The van der Waals surface area contributed by atoms with Crippen molar-refractivity contribution < 1.29 is 45.4 Å². The van der Waals surface area contributed by atoms with Crippen LogP contribution in [0.25, 0.3) is 0 Å². The number of likely N-dealkylation sites (N-methyl/N-ethyl adjacent to an activating group) is 1. The highest BCUT2D eigenvalue weighted by Crippen LogP contribution is 2.15. The van der Waals surface area contributed by atoms with E-state index in [0.717, 1.165) is 64.5 Å². The minimum Gasteiger partial charge on any atom is -1.00 e. The van der Waals surface area contributed by atoms with Crippen molar-refractivity contribution in [3.63, 3.8) is 0 Å². The zero-order chi connectivity index (χ0) is 38.9. The summed E-state index contributed by atoms with van der Waals surface area (Å²) < 4.78 is 23.1. The maximum atomic E-state index is 12.9. The summed E-state index contributed by atoms with van der Waals surface area (Å²) in [7, 11) is 5.52. The lowest BCUT2D eigenvalue weighted by atomic mass is 10.1. The molecule has 0 aromatic rings. The molecule has 54 heavy (non-hydrogen) atoms. The van der Waals surface area contributed by atoms with Crippen LogP contribution < -0.4 is 12.4 Å². The highest BCUT2D eigenvalue weighted by Gasteiger charge is 2.30. The van der Waals surface area contributed by atoms with Crippen molar-refractivity contribution in [2.24, 2.45) is 0 Å². The molecule has 0 aromatic heterocycles. The molecule has 0 aliphatic rings. The summed E-state index contributed by atoms with van der Waals surface area (Å²) >= 11 is 0. The lowest BCUT2D eigenvalue weighted by Crippen LogP contribution is -3.00. The van der Waals surface area contributed by atoms with Gasteiger partial charge in [0.1, 0.15) is 26.2 Å². The van der Waals surface area contributed by atoms with Crippen LogP contribution in [0.15, 0.2) is 24.3 Å². The molecule has 0 spiro atoms. The Morgan fingerprint density at radius 1 is 0.519 bits per heavy atom. The maximum Gasteiger partial charge on any atom is 0.306 e. The molecule has 1 unspecified atom stereocenters. The molecule has 7 nitrogen and oxygen atoms in total. The number of allylic oxidation sites excluding steroid dienone is 4. The molecule has 8 heteroatoms. The Kier molecular flexibility index (Phi) is 43.3. The van der Waals surface area contributed by atoms with Crippen LogP contribution in [0.5, 0.6) is 0 Å². The number of quaternary nitrogens is 1. The lowest BCUT2D eigenvalue weighted by molar-refractivity contribution is -0.912. The first kappa shape index (κ1) is 54.7. The van der Waals surface area contributed by atoms with Gasteiger partial charge in [-0.05, 0) is 64.2 Å². The molecular formula is C46H88ClNO6. The fraction of sp³-hybridized carbons (Fsp3) is 0.870. The van der Waals surface area contributed by atoms with E-state index in [1.165, 1.54) is 116 Å². The summed E-state index contributed by atoms with van der Waals surface area (Å²) in [4.78, 5) is 25.6. The van der Waals surface area contributed by atoms with Crippen molar-refractivity contribution in [3.8, 4) is 0 Å². The van der Waals surface area contributed by atoms with Gasteiger partial charge in [-0.1, -0.05) is 141 Å². The number of nitrogens with zero attached hydrogens (tertiary/aromatic N) is 1. The molecule has 0 fully saturated rings. The monoisotopic (exact) mass is 786 g/mol. The predicted octanol–water partition coefficient (Wildman–Crippen LogP) is 9.26. The summed E-state index contributed by atoms with van der Waals surface area (Å²) in [6.45, 7) is 7.86. The molecule has 0 aliphatic heterocycles. The Bertz CT molecular complexity index is 858. The average molecular weight is 787 g/mol.